The summed E-state index contributed by atoms with van der Waals surface area (Å²) in [6.45, 7) is 4.46. The van der Waals surface area contributed by atoms with Crippen LogP contribution in [-0.4, -0.2) is 35.9 Å². The molecule has 0 aliphatic heterocycles. The zero-order valence-corrected chi connectivity index (χ0v) is 13.0. The highest BCUT2D eigenvalue weighted by Crippen LogP contribution is 2.17. The highest BCUT2D eigenvalue weighted by Gasteiger charge is 2.32. The summed E-state index contributed by atoms with van der Waals surface area (Å²) in [5, 5.41) is 11.4. The molecule has 116 valence electrons. The van der Waals surface area contributed by atoms with E-state index in [1.165, 1.54) is 20.8 Å². The van der Waals surface area contributed by atoms with Gasteiger partial charge in [-0.2, -0.15) is 0 Å². The minimum atomic E-state index is -3.66. The number of sulfone groups is 1. The lowest BCUT2D eigenvalue weighted by Gasteiger charge is -2.20. The molecule has 0 bridgehead atoms. The molecule has 2 N–H and O–H groups in total. The van der Waals surface area contributed by atoms with Crippen molar-refractivity contribution in [3.05, 3.63) is 35.9 Å². The van der Waals surface area contributed by atoms with E-state index in [0.29, 0.717) is 5.56 Å². The number of hydrogen-bond donors (Lipinski definition) is 2. The van der Waals surface area contributed by atoms with Crippen molar-refractivity contribution in [1.29, 1.82) is 0 Å². The number of carboxylic acid groups (broad SMARTS) is 1. The highest BCUT2D eigenvalue weighted by atomic mass is 32.2. The van der Waals surface area contributed by atoms with Crippen LogP contribution >= 0.6 is 0 Å². The lowest BCUT2D eigenvalue weighted by atomic mass is 10.1. The first kappa shape index (κ1) is 17.2. The molecule has 1 amide bonds. The van der Waals surface area contributed by atoms with E-state index in [-0.39, 0.29) is 0 Å². The summed E-state index contributed by atoms with van der Waals surface area (Å²) in [7, 11) is -3.66. The van der Waals surface area contributed by atoms with Gasteiger partial charge in [-0.25, -0.2) is 13.2 Å². The molecule has 1 unspecified atom stereocenters. The van der Waals surface area contributed by atoms with E-state index in [1.807, 2.05) is 0 Å². The van der Waals surface area contributed by atoms with Crippen LogP contribution in [0.5, 0.6) is 0 Å². The number of nitrogens with one attached hydrogen (secondary N) is 1. The number of benzene rings is 1. The molecule has 0 saturated heterocycles. The third-order valence-corrected chi connectivity index (χ3v) is 5.45. The Labute approximate surface area is 124 Å². The predicted octanol–water partition coefficient (Wildman–Crippen LogP) is 1.14. The Morgan fingerprint density at radius 3 is 2.14 bits per heavy atom. The van der Waals surface area contributed by atoms with E-state index in [1.54, 1.807) is 30.3 Å². The topological polar surface area (TPSA) is 101 Å². The standard InChI is InChI=1S/C14H19NO5S/c1-14(2,3)21(19,20)9-11(16)15-12(13(17)18)10-7-5-4-6-8-10/h4-8,12H,9H2,1-3H3,(H,15,16)(H,17,18). The van der Waals surface area contributed by atoms with Crippen LogP contribution in [0, 0.1) is 0 Å². The lowest BCUT2D eigenvalue weighted by Crippen LogP contribution is -2.41. The van der Waals surface area contributed by atoms with Crippen LogP contribution in [-0.2, 0) is 19.4 Å². The number of carbonyl (C=O) groups excluding carboxylic acids is 1. The van der Waals surface area contributed by atoms with Crippen molar-refractivity contribution in [3.8, 4) is 0 Å². The fraction of sp³-hybridized carbons (Fsp3) is 0.429. The average Bonchev–Trinajstić information content (AvgIpc) is 2.34. The first-order chi connectivity index (χ1) is 9.54. The third kappa shape index (κ3) is 4.56. The van der Waals surface area contributed by atoms with Crippen molar-refractivity contribution in [2.75, 3.05) is 5.75 Å². The maximum absolute atomic E-state index is 11.9. The zero-order chi connectivity index (χ0) is 16.3. The Morgan fingerprint density at radius 1 is 1.19 bits per heavy atom. The molecule has 1 aromatic carbocycles. The van der Waals surface area contributed by atoms with Gasteiger partial charge in [0.25, 0.3) is 0 Å². The molecular formula is C14H19NO5S. The van der Waals surface area contributed by atoms with Crippen LogP contribution < -0.4 is 5.32 Å². The van der Waals surface area contributed by atoms with E-state index in [9.17, 15) is 18.0 Å². The van der Waals surface area contributed by atoms with Crippen molar-refractivity contribution >= 4 is 21.7 Å². The van der Waals surface area contributed by atoms with E-state index >= 15 is 0 Å². The second-order valence-corrected chi connectivity index (χ2v) is 8.36. The molecule has 0 heterocycles. The van der Waals surface area contributed by atoms with E-state index in [2.05, 4.69) is 5.32 Å². The van der Waals surface area contributed by atoms with Gasteiger partial charge in [0, 0.05) is 0 Å². The highest BCUT2D eigenvalue weighted by molar-refractivity contribution is 7.93. The summed E-state index contributed by atoms with van der Waals surface area (Å²) in [5.41, 5.74) is 0.381. The van der Waals surface area contributed by atoms with Crippen LogP contribution in [0.3, 0.4) is 0 Å². The number of hydrogen-bond acceptors (Lipinski definition) is 4. The van der Waals surface area contributed by atoms with E-state index in [4.69, 9.17) is 5.11 Å². The van der Waals surface area contributed by atoms with Crippen molar-refractivity contribution in [2.45, 2.75) is 31.6 Å². The Hall–Kier alpha value is -1.89. The number of carbonyl (C=O) groups is 2. The molecule has 21 heavy (non-hydrogen) atoms. The minimum Gasteiger partial charge on any atom is -0.479 e. The third-order valence-electron chi connectivity index (χ3n) is 2.94. The maximum atomic E-state index is 11.9. The predicted molar refractivity (Wildman–Crippen MR) is 78.5 cm³/mol. The van der Waals surface area contributed by atoms with Gasteiger partial charge in [-0.15, -0.1) is 0 Å². The van der Waals surface area contributed by atoms with Gasteiger partial charge < -0.3 is 10.4 Å². The van der Waals surface area contributed by atoms with Gasteiger partial charge in [-0.3, -0.25) is 4.79 Å². The molecule has 0 aliphatic rings. The maximum Gasteiger partial charge on any atom is 0.330 e. The molecular weight excluding hydrogens is 294 g/mol. The van der Waals surface area contributed by atoms with Crippen LogP contribution in [0.1, 0.15) is 32.4 Å². The largest absolute Gasteiger partial charge is 0.479 e. The normalized spacial score (nSPS) is 13.5. The lowest BCUT2D eigenvalue weighted by molar-refractivity contribution is -0.141. The van der Waals surface area contributed by atoms with Gasteiger partial charge in [-0.1, -0.05) is 30.3 Å². The zero-order valence-electron chi connectivity index (χ0n) is 12.2. The van der Waals surface area contributed by atoms with Crippen LogP contribution in [0.15, 0.2) is 30.3 Å². The molecule has 0 fully saturated rings. The van der Waals surface area contributed by atoms with E-state index < -0.39 is 38.3 Å². The van der Waals surface area contributed by atoms with E-state index in [0.717, 1.165) is 0 Å². The number of aliphatic carboxylic acids is 1. The summed E-state index contributed by atoms with van der Waals surface area (Å²) in [5.74, 6) is -2.82. The monoisotopic (exact) mass is 313 g/mol. The number of amides is 1. The van der Waals surface area contributed by atoms with Crippen molar-refractivity contribution in [3.63, 3.8) is 0 Å². The molecule has 1 aromatic rings. The average molecular weight is 313 g/mol. The molecule has 1 atom stereocenters. The Kier molecular flexibility index (Phi) is 5.11. The summed E-state index contributed by atoms with van der Waals surface area (Å²) >= 11 is 0. The first-order valence-electron chi connectivity index (χ1n) is 6.34. The molecule has 0 aromatic heterocycles. The van der Waals surface area contributed by atoms with Crippen LogP contribution in [0.4, 0.5) is 0 Å². The molecule has 0 spiro atoms. The molecule has 7 heteroatoms. The summed E-state index contributed by atoms with van der Waals surface area (Å²) in [4.78, 5) is 23.1. The van der Waals surface area contributed by atoms with Gasteiger partial charge in [0.1, 0.15) is 5.75 Å². The Morgan fingerprint density at radius 2 is 1.71 bits per heavy atom. The van der Waals surface area contributed by atoms with Crippen LogP contribution in [0.25, 0.3) is 0 Å². The molecule has 1 rings (SSSR count). The van der Waals surface area contributed by atoms with Crippen LogP contribution in [0.2, 0.25) is 0 Å². The summed E-state index contributed by atoms with van der Waals surface area (Å²) in [6.07, 6.45) is 0. The molecule has 0 aliphatic carbocycles. The van der Waals surface area contributed by atoms with Gasteiger partial charge in [0.15, 0.2) is 15.9 Å². The Bertz CT molecular complexity index is 617. The molecule has 0 saturated carbocycles. The Balaban J connectivity index is 2.88. The van der Waals surface area contributed by atoms with Gasteiger partial charge in [0.05, 0.1) is 4.75 Å². The van der Waals surface area contributed by atoms with Crippen molar-refractivity contribution < 1.29 is 23.1 Å². The SMILES string of the molecule is CC(C)(C)S(=O)(=O)CC(=O)NC(C(=O)O)c1ccccc1. The van der Waals surface area contributed by atoms with Gasteiger partial charge >= 0.3 is 5.97 Å². The van der Waals surface area contributed by atoms with Crippen molar-refractivity contribution in [1.82, 2.24) is 5.32 Å². The van der Waals surface area contributed by atoms with Gasteiger partial charge in [-0.05, 0) is 26.3 Å². The minimum absolute atomic E-state index is 0.381. The van der Waals surface area contributed by atoms with Gasteiger partial charge in [0.2, 0.25) is 5.91 Å². The second-order valence-electron chi connectivity index (χ2n) is 5.62. The smallest absolute Gasteiger partial charge is 0.330 e. The summed E-state index contributed by atoms with van der Waals surface area (Å²) in [6, 6.07) is 6.84. The first-order valence-corrected chi connectivity index (χ1v) is 7.99. The number of rotatable bonds is 5. The second kappa shape index (κ2) is 6.26. The molecule has 0 radical (unpaired) electrons. The van der Waals surface area contributed by atoms with Crippen molar-refractivity contribution in [2.24, 2.45) is 0 Å². The summed E-state index contributed by atoms with van der Waals surface area (Å²) < 4.78 is 22.8. The number of carboxylic acids is 1. The fourth-order valence-corrected chi connectivity index (χ4v) is 2.39. The fourth-order valence-electron chi connectivity index (χ4n) is 1.52. The molecule has 6 nitrogen and oxygen atoms in total. The quantitative estimate of drug-likeness (QED) is 0.849.